The van der Waals surface area contributed by atoms with Crippen LogP contribution in [-0.2, 0) is 6.54 Å². The molecule has 0 heterocycles. The fourth-order valence-electron chi connectivity index (χ4n) is 2.49. The number of alkyl halides is 2. The van der Waals surface area contributed by atoms with Gasteiger partial charge in [0.15, 0.2) is 0 Å². The van der Waals surface area contributed by atoms with Crippen molar-refractivity contribution in [3.8, 4) is 5.75 Å². The van der Waals surface area contributed by atoms with Crippen molar-refractivity contribution in [1.82, 2.24) is 4.90 Å². The summed E-state index contributed by atoms with van der Waals surface area (Å²) < 4.78 is 29.1. The molecule has 0 radical (unpaired) electrons. The molecule has 0 aliphatic heterocycles. The molecule has 0 saturated heterocycles. The van der Waals surface area contributed by atoms with Crippen molar-refractivity contribution in [2.45, 2.75) is 32.1 Å². The molecule has 0 spiro atoms. The van der Waals surface area contributed by atoms with Crippen LogP contribution in [0.1, 0.15) is 18.4 Å². The molecule has 1 aliphatic carbocycles. The Morgan fingerprint density at radius 3 is 2.68 bits per heavy atom. The van der Waals surface area contributed by atoms with Crippen molar-refractivity contribution in [3.05, 3.63) is 29.8 Å². The van der Waals surface area contributed by atoms with Crippen molar-refractivity contribution in [3.63, 3.8) is 0 Å². The number of aliphatic hydroxyl groups excluding tert-OH is 1. The summed E-state index contributed by atoms with van der Waals surface area (Å²) in [6, 6.07) is 6.85. The van der Waals surface area contributed by atoms with Crippen LogP contribution in [0.3, 0.4) is 0 Å². The van der Waals surface area contributed by atoms with Crippen molar-refractivity contribution in [2.75, 3.05) is 13.6 Å². The average molecular weight is 271 g/mol. The highest BCUT2D eigenvalue weighted by Gasteiger charge is 2.28. The zero-order valence-corrected chi connectivity index (χ0v) is 10.9. The molecular formula is C14H19F2NO2. The van der Waals surface area contributed by atoms with Crippen molar-refractivity contribution < 1.29 is 18.6 Å². The summed E-state index contributed by atoms with van der Waals surface area (Å²) in [6.45, 7) is -1.37. The molecule has 1 N–H and O–H groups in total. The van der Waals surface area contributed by atoms with Gasteiger partial charge in [-0.1, -0.05) is 18.2 Å². The SMILES string of the molecule is CN(Cc1ccccc1OC(F)F)CC1CC(O)C1. The Hall–Kier alpha value is -1.20. The number of rotatable bonds is 6. The summed E-state index contributed by atoms with van der Waals surface area (Å²) in [5.74, 6) is 0.737. The zero-order chi connectivity index (χ0) is 13.8. The minimum Gasteiger partial charge on any atom is -0.434 e. The van der Waals surface area contributed by atoms with E-state index in [4.69, 9.17) is 0 Å². The van der Waals surface area contributed by atoms with Gasteiger partial charge in [0.25, 0.3) is 0 Å². The molecule has 3 nitrogen and oxygen atoms in total. The third kappa shape index (κ3) is 4.14. The second-order valence-corrected chi connectivity index (χ2v) is 5.17. The van der Waals surface area contributed by atoms with Crippen LogP contribution in [-0.4, -0.2) is 36.3 Å². The molecule has 0 bridgehead atoms. The van der Waals surface area contributed by atoms with Crippen LogP contribution in [0, 0.1) is 5.92 Å². The van der Waals surface area contributed by atoms with E-state index in [9.17, 15) is 13.9 Å². The first-order valence-electron chi connectivity index (χ1n) is 6.44. The van der Waals surface area contributed by atoms with Gasteiger partial charge in [-0.15, -0.1) is 0 Å². The second-order valence-electron chi connectivity index (χ2n) is 5.17. The van der Waals surface area contributed by atoms with Crippen LogP contribution in [0.4, 0.5) is 8.78 Å². The van der Waals surface area contributed by atoms with Crippen LogP contribution < -0.4 is 4.74 Å². The number of hydrogen-bond donors (Lipinski definition) is 1. The molecule has 1 saturated carbocycles. The van der Waals surface area contributed by atoms with Crippen LogP contribution in [0.5, 0.6) is 5.75 Å². The van der Waals surface area contributed by atoms with Gasteiger partial charge in [-0.05, 0) is 31.9 Å². The van der Waals surface area contributed by atoms with Gasteiger partial charge in [0.2, 0.25) is 0 Å². The standard InChI is InChI=1S/C14H19F2NO2/c1-17(8-10-6-12(18)7-10)9-11-4-2-3-5-13(11)19-14(15)16/h2-5,10,12,14,18H,6-9H2,1H3. The molecule has 106 valence electrons. The van der Waals surface area contributed by atoms with Gasteiger partial charge in [0.05, 0.1) is 6.10 Å². The van der Waals surface area contributed by atoms with Crippen LogP contribution in [0.25, 0.3) is 0 Å². The molecule has 5 heteroatoms. The number of aliphatic hydroxyl groups is 1. The first kappa shape index (κ1) is 14.2. The smallest absolute Gasteiger partial charge is 0.387 e. The Morgan fingerprint density at radius 1 is 1.37 bits per heavy atom. The molecule has 0 amide bonds. The van der Waals surface area contributed by atoms with E-state index in [1.165, 1.54) is 0 Å². The van der Waals surface area contributed by atoms with Gasteiger partial charge in [-0.3, -0.25) is 0 Å². The van der Waals surface area contributed by atoms with Gasteiger partial charge < -0.3 is 14.7 Å². The van der Waals surface area contributed by atoms with E-state index in [1.807, 2.05) is 13.1 Å². The number of hydrogen-bond acceptors (Lipinski definition) is 3. The molecule has 1 aromatic rings. The summed E-state index contributed by atoms with van der Waals surface area (Å²) >= 11 is 0. The summed E-state index contributed by atoms with van der Waals surface area (Å²) in [6.07, 6.45) is 1.51. The van der Waals surface area contributed by atoms with E-state index in [0.29, 0.717) is 12.5 Å². The molecule has 2 rings (SSSR count). The Labute approximate surface area is 111 Å². The normalized spacial score (nSPS) is 22.6. The van der Waals surface area contributed by atoms with E-state index in [0.717, 1.165) is 24.9 Å². The van der Waals surface area contributed by atoms with Gasteiger partial charge in [0, 0.05) is 18.7 Å². The molecule has 1 aliphatic rings. The number of halogens is 2. The number of nitrogens with zero attached hydrogens (tertiary/aromatic N) is 1. The lowest BCUT2D eigenvalue weighted by molar-refractivity contribution is -0.0508. The lowest BCUT2D eigenvalue weighted by Gasteiger charge is -2.34. The topological polar surface area (TPSA) is 32.7 Å². The minimum absolute atomic E-state index is 0.159. The van der Waals surface area contributed by atoms with Gasteiger partial charge in [-0.2, -0.15) is 8.78 Å². The largest absolute Gasteiger partial charge is 0.434 e. The van der Waals surface area contributed by atoms with Crippen molar-refractivity contribution in [2.24, 2.45) is 5.92 Å². The van der Waals surface area contributed by atoms with Crippen LogP contribution >= 0.6 is 0 Å². The predicted molar refractivity (Wildman–Crippen MR) is 68.1 cm³/mol. The first-order chi connectivity index (χ1) is 9.04. The van der Waals surface area contributed by atoms with Crippen molar-refractivity contribution >= 4 is 0 Å². The Bertz CT molecular complexity index is 408. The monoisotopic (exact) mass is 271 g/mol. The fourth-order valence-corrected chi connectivity index (χ4v) is 2.49. The van der Waals surface area contributed by atoms with E-state index in [1.54, 1.807) is 18.2 Å². The molecule has 0 aromatic heterocycles. The van der Waals surface area contributed by atoms with E-state index in [2.05, 4.69) is 9.64 Å². The van der Waals surface area contributed by atoms with E-state index < -0.39 is 6.61 Å². The highest BCUT2D eigenvalue weighted by Crippen LogP contribution is 2.28. The third-order valence-electron chi connectivity index (χ3n) is 3.41. The summed E-state index contributed by atoms with van der Waals surface area (Å²) in [4.78, 5) is 2.07. The van der Waals surface area contributed by atoms with Gasteiger partial charge in [0.1, 0.15) is 5.75 Å². The molecule has 0 atom stereocenters. The number of ether oxygens (including phenoxy) is 1. The molecule has 1 aromatic carbocycles. The van der Waals surface area contributed by atoms with Crippen LogP contribution in [0.15, 0.2) is 24.3 Å². The summed E-state index contributed by atoms with van der Waals surface area (Å²) in [5.41, 5.74) is 0.755. The quantitative estimate of drug-likeness (QED) is 0.863. The molecule has 19 heavy (non-hydrogen) atoms. The maximum Gasteiger partial charge on any atom is 0.387 e. The number of benzene rings is 1. The highest BCUT2D eigenvalue weighted by molar-refractivity contribution is 5.33. The van der Waals surface area contributed by atoms with Gasteiger partial charge >= 0.3 is 6.61 Å². The lowest BCUT2D eigenvalue weighted by atomic mass is 9.82. The van der Waals surface area contributed by atoms with Crippen molar-refractivity contribution in [1.29, 1.82) is 0 Å². The minimum atomic E-state index is -2.80. The lowest BCUT2D eigenvalue weighted by Crippen LogP contribution is -2.36. The molecule has 0 unspecified atom stereocenters. The van der Waals surface area contributed by atoms with E-state index >= 15 is 0 Å². The second kappa shape index (κ2) is 6.30. The average Bonchev–Trinajstić information content (AvgIpc) is 2.29. The fraction of sp³-hybridized carbons (Fsp3) is 0.571. The maximum absolute atomic E-state index is 12.3. The summed E-state index contributed by atoms with van der Waals surface area (Å²) in [5, 5.41) is 9.24. The predicted octanol–water partition coefficient (Wildman–Crippen LogP) is 2.49. The van der Waals surface area contributed by atoms with Crippen LogP contribution in [0.2, 0.25) is 0 Å². The molecule has 1 fully saturated rings. The number of para-hydroxylation sites is 1. The Balaban J connectivity index is 1.90. The Kier molecular flexibility index (Phi) is 4.71. The van der Waals surface area contributed by atoms with E-state index in [-0.39, 0.29) is 11.9 Å². The Morgan fingerprint density at radius 2 is 2.05 bits per heavy atom. The first-order valence-corrected chi connectivity index (χ1v) is 6.44. The molecular weight excluding hydrogens is 252 g/mol. The zero-order valence-electron chi connectivity index (χ0n) is 10.9. The summed E-state index contributed by atoms with van der Waals surface area (Å²) in [7, 11) is 1.95. The van der Waals surface area contributed by atoms with Gasteiger partial charge in [-0.25, -0.2) is 0 Å². The highest BCUT2D eigenvalue weighted by atomic mass is 19.3. The maximum atomic E-state index is 12.3. The third-order valence-corrected chi connectivity index (χ3v) is 3.41.